The fraction of sp³-hybridized carbons (Fsp3) is 0.429. The van der Waals surface area contributed by atoms with Crippen LogP contribution in [0.5, 0.6) is 0 Å². The Morgan fingerprint density at radius 1 is 1.13 bits per heavy atom. The molecular weight excluding hydrogens is 285 g/mol. The molecule has 2 aromatic rings. The van der Waals surface area contributed by atoms with Crippen molar-refractivity contribution in [3.8, 4) is 0 Å². The zero-order valence-electron chi connectivity index (χ0n) is 14.1. The number of hydrogen-bond donors (Lipinski definition) is 1. The first-order chi connectivity index (χ1) is 11.2. The predicted molar refractivity (Wildman–Crippen MR) is 97.7 cm³/mol. The van der Waals surface area contributed by atoms with Gasteiger partial charge in [-0.25, -0.2) is 4.39 Å². The fourth-order valence-electron chi connectivity index (χ4n) is 3.94. The number of anilines is 1. The minimum Gasteiger partial charge on any atom is -0.385 e. The van der Waals surface area contributed by atoms with Crippen molar-refractivity contribution >= 4 is 5.69 Å². The topological polar surface area (TPSA) is 12.0 Å². The maximum Gasteiger partial charge on any atom is 0.123 e. The molecular formula is C21H28FN. The van der Waals surface area contributed by atoms with Crippen molar-refractivity contribution in [2.45, 2.75) is 45.4 Å². The molecule has 23 heavy (non-hydrogen) atoms. The smallest absolute Gasteiger partial charge is 0.123 e. The predicted octanol–water partition coefficient (Wildman–Crippen LogP) is 6.00. The van der Waals surface area contributed by atoms with E-state index in [9.17, 15) is 4.39 Å². The van der Waals surface area contributed by atoms with Gasteiger partial charge in [-0.1, -0.05) is 51.0 Å². The van der Waals surface area contributed by atoms with Crippen molar-refractivity contribution < 1.29 is 5.82 Å². The summed E-state index contributed by atoms with van der Waals surface area (Å²) in [6.07, 6.45) is 4.47. The zero-order valence-corrected chi connectivity index (χ0v) is 14.1. The Morgan fingerprint density at radius 3 is 2.65 bits per heavy atom. The van der Waals surface area contributed by atoms with Crippen molar-refractivity contribution in [3.63, 3.8) is 0 Å². The zero-order chi connectivity index (χ0) is 16.2. The largest absolute Gasteiger partial charge is 0.385 e. The van der Waals surface area contributed by atoms with Crippen LogP contribution in [0.1, 0.15) is 57.1 Å². The molecule has 1 unspecified atom stereocenters. The second-order valence-corrected chi connectivity index (χ2v) is 6.63. The molecule has 0 bridgehead atoms. The summed E-state index contributed by atoms with van der Waals surface area (Å²) in [5.74, 6) is 1.24. The Hall–Kier alpha value is -1.83. The van der Waals surface area contributed by atoms with E-state index in [-0.39, 0.29) is 7.24 Å². The third kappa shape index (κ3) is 3.57. The van der Waals surface area contributed by atoms with Gasteiger partial charge in [-0.05, 0) is 59.6 Å². The van der Waals surface area contributed by atoms with Gasteiger partial charge in [-0.3, -0.25) is 0 Å². The lowest BCUT2D eigenvalue weighted by atomic mass is 9.77. The summed E-state index contributed by atoms with van der Waals surface area (Å²) in [5, 5.41) is 3.54. The van der Waals surface area contributed by atoms with Crippen LogP contribution < -0.4 is 5.32 Å². The highest BCUT2D eigenvalue weighted by Gasteiger charge is 2.26. The number of fused-ring (bicyclic) bond motifs is 1. The van der Waals surface area contributed by atoms with E-state index in [1.165, 1.54) is 42.1 Å². The van der Waals surface area contributed by atoms with Crippen LogP contribution in [-0.2, 0) is 6.42 Å². The molecule has 2 aromatic carbocycles. The van der Waals surface area contributed by atoms with Crippen LogP contribution in [0.15, 0.2) is 42.5 Å². The van der Waals surface area contributed by atoms with Gasteiger partial charge in [-0.2, -0.15) is 0 Å². The highest BCUT2D eigenvalue weighted by atomic mass is 19.1. The van der Waals surface area contributed by atoms with Gasteiger partial charge in [0.15, 0.2) is 0 Å². The summed E-state index contributed by atoms with van der Waals surface area (Å²) in [6.45, 7) is 5.66. The van der Waals surface area contributed by atoms with Gasteiger partial charge in [0.05, 0.1) is 0 Å². The first-order valence-corrected chi connectivity index (χ1v) is 8.82. The first kappa shape index (κ1) is 16.0. The summed E-state index contributed by atoms with van der Waals surface area (Å²) in [7, 11) is 0. The van der Waals surface area contributed by atoms with Crippen LogP contribution in [0, 0.1) is 11.7 Å². The molecule has 0 saturated heterocycles. The Morgan fingerprint density at radius 2 is 1.91 bits per heavy atom. The summed E-state index contributed by atoms with van der Waals surface area (Å²) in [5.41, 5.74) is 5.05. The van der Waals surface area contributed by atoms with Crippen LogP contribution >= 0.6 is 0 Å². The standard InChI is InChI=1S/C21H26FN.H2/c1-3-17(4-2)19-10-11-23-21-9-8-16(14-20(19)21)12-15-6-5-7-18(22)13-15;/h5-9,13-14,17,19,23H,3-4,10-12H2,1-2H3;1H. The third-order valence-electron chi connectivity index (χ3n) is 5.20. The quantitative estimate of drug-likeness (QED) is 0.714. The van der Waals surface area contributed by atoms with Crippen LogP contribution in [0.2, 0.25) is 0 Å². The van der Waals surface area contributed by atoms with E-state index in [1.54, 1.807) is 12.1 Å². The van der Waals surface area contributed by atoms with Gasteiger partial charge in [0, 0.05) is 13.7 Å². The van der Waals surface area contributed by atoms with E-state index in [0.29, 0.717) is 5.92 Å². The van der Waals surface area contributed by atoms with E-state index in [4.69, 9.17) is 0 Å². The first-order valence-electron chi connectivity index (χ1n) is 8.82. The molecule has 2 heteroatoms. The second-order valence-electron chi connectivity index (χ2n) is 6.63. The molecule has 0 spiro atoms. The molecule has 0 amide bonds. The number of rotatable bonds is 5. The van der Waals surface area contributed by atoms with E-state index in [1.807, 2.05) is 6.07 Å². The molecule has 3 rings (SSSR count). The van der Waals surface area contributed by atoms with E-state index in [2.05, 4.69) is 37.4 Å². The van der Waals surface area contributed by atoms with Crippen LogP contribution in [-0.4, -0.2) is 6.54 Å². The molecule has 0 saturated carbocycles. The number of nitrogens with one attached hydrogen (secondary N) is 1. The molecule has 124 valence electrons. The van der Waals surface area contributed by atoms with Crippen LogP contribution in [0.4, 0.5) is 10.1 Å². The molecule has 0 radical (unpaired) electrons. The number of benzene rings is 2. The van der Waals surface area contributed by atoms with Crippen molar-refractivity contribution in [2.75, 3.05) is 11.9 Å². The van der Waals surface area contributed by atoms with E-state index >= 15 is 0 Å². The summed E-state index contributed by atoms with van der Waals surface area (Å²) in [4.78, 5) is 0. The maximum absolute atomic E-state index is 13.4. The lowest BCUT2D eigenvalue weighted by Crippen LogP contribution is -2.22. The normalized spacial score (nSPS) is 17.0. The Balaban J connectivity index is 0.00000208. The molecule has 1 aliphatic heterocycles. The number of halogens is 1. The van der Waals surface area contributed by atoms with Crippen molar-refractivity contribution in [1.29, 1.82) is 0 Å². The summed E-state index contributed by atoms with van der Waals surface area (Å²) >= 11 is 0. The van der Waals surface area contributed by atoms with Gasteiger partial charge in [0.1, 0.15) is 5.82 Å². The average molecular weight is 313 g/mol. The molecule has 1 aliphatic rings. The van der Waals surface area contributed by atoms with Gasteiger partial charge in [0.2, 0.25) is 0 Å². The molecule has 1 N–H and O–H groups in total. The SMILES string of the molecule is CCC(CC)C1CCNc2ccc(Cc3cccc(F)c3)cc21.[HH]. The summed E-state index contributed by atoms with van der Waals surface area (Å²) in [6, 6.07) is 13.6. The van der Waals surface area contributed by atoms with E-state index < -0.39 is 0 Å². The molecule has 0 aliphatic carbocycles. The van der Waals surface area contributed by atoms with Gasteiger partial charge in [0.25, 0.3) is 0 Å². The lowest BCUT2D eigenvalue weighted by Gasteiger charge is -2.32. The Kier molecular flexibility index (Phi) is 5.00. The minimum absolute atomic E-state index is 0. The van der Waals surface area contributed by atoms with Crippen molar-refractivity contribution in [3.05, 3.63) is 65.0 Å². The highest BCUT2D eigenvalue weighted by molar-refractivity contribution is 5.57. The second kappa shape index (κ2) is 7.16. The third-order valence-corrected chi connectivity index (χ3v) is 5.20. The molecule has 0 aromatic heterocycles. The van der Waals surface area contributed by atoms with Crippen molar-refractivity contribution in [2.24, 2.45) is 5.92 Å². The molecule has 1 heterocycles. The highest BCUT2D eigenvalue weighted by Crippen LogP contribution is 2.40. The number of hydrogen-bond acceptors (Lipinski definition) is 1. The lowest BCUT2D eigenvalue weighted by molar-refractivity contribution is 0.379. The van der Waals surface area contributed by atoms with Crippen molar-refractivity contribution in [1.82, 2.24) is 0 Å². The maximum atomic E-state index is 13.4. The van der Waals surface area contributed by atoms with Gasteiger partial charge >= 0.3 is 0 Å². The molecule has 0 fully saturated rings. The Labute approximate surface area is 140 Å². The fourth-order valence-corrected chi connectivity index (χ4v) is 3.94. The van der Waals surface area contributed by atoms with Gasteiger partial charge in [-0.15, -0.1) is 0 Å². The van der Waals surface area contributed by atoms with Gasteiger partial charge < -0.3 is 5.32 Å². The summed E-state index contributed by atoms with van der Waals surface area (Å²) < 4.78 is 13.4. The molecule has 1 nitrogen and oxygen atoms in total. The van der Waals surface area contributed by atoms with E-state index in [0.717, 1.165) is 24.4 Å². The molecule has 1 atom stereocenters. The average Bonchev–Trinajstić information content (AvgIpc) is 2.56. The van der Waals surface area contributed by atoms with Crippen LogP contribution in [0.3, 0.4) is 0 Å². The minimum atomic E-state index is -0.156. The Bertz CT molecular complexity index is 667. The van der Waals surface area contributed by atoms with Crippen LogP contribution in [0.25, 0.3) is 0 Å². The monoisotopic (exact) mass is 313 g/mol.